The number of halogens is 1. The van der Waals surface area contributed by atoms with E-state index in [1.165, 1.54) is 19.2 Å². The zero-order valence-electron chi connectivity index (χ0n) is 20.2. The second-order valence-corrected chi connectivity index (χ2v) is 10.5. The van der Waals surface area contributed by atoms with Gasteiger partial charge in [-0.2, -0.15) is 8.42 Å². The average molecular weight is 605 g/mol. The predicted octanol–water partition coefficient (Wildman–Crippen LogP) is 3.98. The zero-order valence-corrected chi connectivity index (χ0v) is 22.6. The molecule has 0 saturated carbocycles. The highest BCUT2D eigenvalue weighted by Crippen LogP contribution is 2.33. The molecule has 1 heterocycles. The Morgan fingerprint density at radius 2 is 1.24 bits per heavy atom. The maximum absolute atomic E-state index is 13.2. The molecule has 0 unspecified atom stereocenters. The summed E-state index contributed by atoms with van der Waals surface area (Å²) in [7, 11) is -3.01. The second kappa shape index (κ2) is 12.6. The lowest BCUT2D eigenvalue weighted by Crippen LogP contribution is -2.62. The number of hydrogen-bond acceptors (Lipinski definition) is 9. The van der Waals surface area contributed by atoms with Crippen molar-refractivity contribution in [3.63, 3.8) is 0 Å². The third kappa shape index (κ3) is 6.48. The molecule has 5 atom stereocenters. The molecule has 0 bridgehead atoms. The molecular formula is C27H25BrO9S. The fraction of sp³-hybridized carbons (Fsp3) is 0.259. The number of carbonyl (C=O) groups excluding carboxylic acids is 2. The monoisotopic (exact) mass is 604 g/mol. The van der Waals surface area contributed by atoms with E-state index in [0.29, 0.717) is 0 Å². The van der Waals surface area contributed by atoms with Crippen LogP contribution in [0.25, 0.3) is 0 Å². The summed E-state index contributed by atoms with van der Waals surface area (Å²) in [4.78, 5) is 26.0. The van der Waals surface area contributed by atoms with Crippen molar-refractivity contribution in [2.45, 2.75) is 35.6 Å². The van der Waals surface area contributed by atoms with E-state index < -0.39 is 52.8 Å². The molecule has 3 aromatic rings. The van der Waals surface area contributed by atoms with Crippen LogP contribution in [0.3, 0.4) is 0 Å². The zero-order chi connectivity index (χ0) is 27.1. The van der Waals surface area contributed by atoms with Gasteiger partial charge in [-0.25, -0.2) is 9.59 Å². The molecule has 1 saturated heterocycles. The van der Waals surface area contributed by atoms with Gasteiger partial charge >= 0.3 is 11.9 Å². The van der Waals surface area contributed by atoms with Crippen molar-refractivity contribution in [1.82, 2.24) is 0 Å². The fourth-order valence-electron chi connectivity index (χ4n) is 3.89. The van der Waals surface area contributed by atoms with E-state index in [2.05, 4.69) is 15.9 Å². The minimum Gasteiger partial charge on any atom is -0.452 e. The SMILES string of the molecule is CO[C@H]1O[C@H](CBr)[C@@H](OS(=O)(=O)c2ccccc2)[C@H](OC(=O)c2ccccc2)[C@H]1OC(=O)c1ccccc1. The standard InChI is InChI=1S/C27H25BrO9S/c1-33-27-24(36-26(30)19-13-7-3-8-14-19)23(35-25(29)18-11-5-2-6-12-18)22(21(17-28)34-27)37-38(31,32)20-15-9-4-10-16-20/h2-16,21-24,27H,17H2,1H3/t21-,22-,23+,24-,27+/m1/s1. The van der Waals surface area contributed by atoms with Crippen molar-refractivity contribution in [1.29, 1.82) is 0 Å². The smallest absolute Gasteiger partial charge is 0.338 e. The second-order valence-electron chi connectivity index (χ2n) is 8.23. The molecule has 38 heavy (non-hydrogen) atoms. The number of methoxy groups -OCH3 is 1. The van der Waals surface area contributed by atoms with Crippen molar-refractivity contribution < 1.29 is 41.1 Å². The molecule has 0 amide bonds. The topological polar surface area (TPSA) is 114 Å². The molecular weight excluding hydrogens is 580 g/mol. The molecule has 0 aromatic heterocycles. The number of hydrogen-bond donors (Lipinski definition) is 0. The van der Waals surface area contributed by atoms with Gasteiger partial charge in [-0.1, -0.05) is 70.5 Å². The maximum Gasteiger partial charge on any atom is 0.338 e. The molecule has 9 nitrogen and oxygen atoms in total. The lowest BCUT2D eigenvalue weighted by Gasteiger charge is -2.43. The lowest BCUT2D eigenvalue weighted by atomic mass is 9.99. The molecule has 1 aliphatic heterocycles. The first-order chi connectivity index (χ1) is 18.3. The van der Waals surface area contributed by atoms with Crippen molar-refractivity contribution in [3.8, 4) is 0 Å². The van der Waals surface area contributed by atoms with Crippen LogP contribution in [0.15, 0.2) is 95.9 Å². The lowest BCUT2D eigenvalue weighted by molar-refractivity contribution is -0.278. The average Bonchev–Trinajstić information content (AvgIpc) is 2.96. The van der Waals surface area contributed by atoms with Gasteiger partial charge in [0.05, 0.1) is 16.0 Å². The van der Waals surface area contributed by atoms with Crippen molar-refractivity contribution >= 4 is 38.0 Å². The molecule has 0 radical (unpaired) electrons. The van der Waals surface area contributed by atoms with Crippen LogP contribution in [0.5, 0.6) is 0 Å². The third-order valence-corrected chi connectivity index (χ3v) is 7.71. The number of carbonyl (C=O) groups is 2. The summed E-state index contributed by atoms with van der Waals surface area (Å²) in [5.74, 6) is -1.52. The molecule has 1 aliphatic rings. The molecule has 0 aliphatic carbocycles. The number of ether oxygens (including phenoxy) is 4. The Balaban J connectivity index is 1.73. The third-order valence-electron chi connectivity index (χ3n) is 5.75. The molecule has 3 aromatic carbocycles. The Bertz CT molecular complexity index is 1320. The van der Waals surface area contributed by atoms with Gasteiger partial charge < -0.3 is 18.9 Å². The van der Waals surface area contributed by atoms with Gasteiger partial charge in [0, 0.05) is 12.4 Å². The van der Waals surface area contributed by atoms with E-state index in [1.807, 2.05) is 0 Å². The minimum absolute atomic E-state index is 0.0978. The Morgan fingerprint density at radius 1 is 0.763 bits per heavy atom. The molecule has 11 heteroatoms. The number of esters is 2. The van der Waals surface area contributed by atoms with Gasteiger partial charge in [0.25, 0.3) is 10.1 Å². The first-order valence-electron chi connectivity index (χ1n) is 11.6. The maximum atomic E-state index is 13.2. The number of benzene rings is 3. The van der Waals surface area contributed by atoms with E-state index in [9.17, 15) is 18.0 Å². The van der Waals surface area contributed by atoms with E-state index in [4.69, 9.17) is 23.1 Å². The van der Waals surface area contributed by atoms with E-state index in [1.54, 1.807) is 78.9 Å². The number of alkyl halides is 1. The van der Waals surface area contributed by atoms with Gasteiger partial charge in [0.1, 0.15) is 12.2 Å². The summed E-state index contributed by atoms with van der Waals surface area (Å²) in [5, 5.41) is 0.0978. The first kappa shape index (κ1) is 27.9. The Morgan fingerprint density at radius 3 is 1.71 bits per heavy atom. The van der Waals surface area contributed by atoms with Crippen LogP contribution in [0.2, 0.25) is 0 Å². The van der Waals surface area contributed by atoms with Crippen LogP contribution in [-0.2, 0) is 33.2 Å². The van der Waals surface area contributed by atoms with Gasteiger partial charge in [0.15, 0.2) is 18.5 Å². The summed E-state index contributed by atoms with van der Waals surface area (Å²) in [6, 6.07) is 23.8. The molecule has 200 valence electrons. The van der Waals surface area contributed by atoms with Gasteiger partial charge in [-0.15, -0.1) is 0 Å². The number of rotatable bonds is 9. The van der Waals surface area contributed by atoms with Crippen molar-refractivity contribution in [2.75, 3.05) is 12.4 Å². The van der Waals surface area contributed by atoms with Crippen LogP contribution < -0.4 is 0 Å². The van der Waals surface area contributed by atoms with Crippen LogP contribution in [0, 0.1) is 0 Å². The summed E-state index contributed by atoms with van der Waals surface area (Å²) in [6.07, 6.45) is -6.34. The van der Waals surface area contributed by atoms with Gasteiger partial charge in [-0.05, 0) is 36.4 Å². The first-order valence-corrected chi connectivity index (χ1v) is 14.1. The summed E-state index contributed by atoms with van der Waals surface area (Å²) >= 11 is 3.31. The van der Waals surface area contributed by atoms with Crippen LogP contribution in [0.1, 0.15) is 20.7 Å². The molecule has 1 fully saturated rings. The largest absolute Gasteiger partial charge is 0.452 e. The molecule has 0 N–H and O–H groups in total. The molecule has 0 spiro atoms. The van der Waals surface area contributed by atoms with E-state index >= 15 is 0 Å². The van der Waals surface area contributed by atoms with Crippen molar-refractivity contribution in [3.05, 3.63) is 102 Å². The molecule has 4 rings (SSSR count). The quantitative estimate of drug-likeness (QED) is 0.203. The van der Waals surface area contributed by atoms with Gasteiger partial charge in [-0.3, -0.25) is 4.18 Å². The minimum atomic E-state index is -4.34. The van der Waals surface area contributed by atoms with Crippen LogP contribution in [0.4, 0.5) is 0 Å². The fourth-order valence-corrected chi connectivity index (χ4v) is 5.54. The summed E-state index contributed by atoms with van der Waals surface area (Å²) in [5.41, 5.74) is 0.439. The Kier molecular flexibility index (Phi) is 9.29. The summed E-state index contributed by atoms with van der Waals surface area (Å²) in [6.45, 7) is 0. The van der Waals surface area contributed by atoms with Crippen LogP contribution >= 0.6 is 15.9 Å². The summed E-state index contributed by atoms with van der Waals surface area (Å²) < 4.78 is 54.9. The van der Waals surface area contributed by atoms with Crippen molar-refractivity contribution in [2.24, 2.45) is 0 Å². The van der Waals surface area contributed by atoms with Gasteiger partial charge in [0.2, 0.25) is 0 Å². The van der Waals surface area contributed by atoms with E-state index in [-0.39, 0.29) is 21.4 Å². The Labute approximate surface area is 228 Å². The normalized spacial score (nSPS) is 23.4. The van der Waals surface area contributed by atoms with E-state index in [0.717, 1.165) is 0 Å². The highest BCUT2D eigenvalue weighted by molar-refractivity contribution is 9.09. The predicted molar refractivity (Wildman–Crippen MR) is 139 cm³/mol. The highest BCUT2D eigenvalue weighted by atomic mass is 79.9. The Hall–Kier alpha value is -3.09. The highest BCUT2D eigenvalue weighted by Gasteiger charge is 2.53. The van der Waals surface area contributed by atoms with Crippen LogP contribution in [-0.4, -0.2) is 63.5 Å².